The number of hydrogen-bond acceptors (Lipinski definition) is 6. The minimum atomic E-state index is -0.0517. The molecule has 1 aliphatic heterocycles. The lowest BCUT2D eigenvalue weighted by Gasteiger charge is -2.32. The quantitative estimate of drug-likeness (QED) is 0.787. The lowest BCUT2D eigenvalue weighted by Crippen LogP contribution is -2.38. The number of aromatic amines is 1. The number of nitrogens with zero attached hydrogens (tertiary/aromatic N) is 4. The monoisotopic (exact) mass is 339 g/mol. The van der Waals surface area contributed by atoms with E-state index in [1.54, 1.807) is 6.20 Å². The highest BCUT2D eigenvalue weighted by Gasteiger charge is 2.24. The summed E-state index contributed by atoms with van der Waals surface area (Å²) < 4.78 is 11.2. The second kappa shape index (κ2) is 6.78. The lowest BCUT2D eigenvalue weighted by molar-refractivity contribution is -0.0356. The zero-order chi connectivity index (χ0) is 17.2. The smallest absolute Gasteiger partial charge is 0.143 e. The standard InChI is InChI=1S/C18H21N5O2/c1-12-18(13(2)25-22-12)15-5-3-4-14(21-15)16-10-23(8-9-24-16)11-17-19-6-7-20-17/h3-7,16H,8-11H2,1-2H3,(H,19,20)/t16-/m1/s1. The summed E-state index contributed by atoms with van der Waals surface area (Å²) in [6.07, 6.45) is 3.58. The molecule has 1 fully saturated rings. The number of hydrogen-bond donors (Lipinski definition) is 1. The van der Waals surface area contributed by atoms with Crippen LogP contribution >= 0.6 is 0 Å². The van der Waals surface area contributed by atoms with Crippen molar-refractivity contribution in [3.63, 3.8) is 0 Å². The third kappa shape index (κ3) is 3.33. The van der Waals surface area contributed by atoms with Crippen LogP contribution in [0.1, 0.15) is 29.1 Å². The van der Waals surface area contributed by atoms with Gasteiger partial charge in [-0.25, -0.2) is 9.97 Å². The highest BCUT2D eigenvalue weighted by molar-refractivity contribution is 5.63. The molecule has 0 radical (unpaired) electrons. The Morgan fingerprint density at radius 2 is 2.24 bits per heavy atom. The molecule has 0 amide bonds. The molecule has 0 aromatic carbocycles. The van der Waals surface area contributed by atoms with Crippen LogP contribution in [0.25, 0.3) is 11.3 Å². The summed E-state index contributed by atoms with van der Waals surface area (Å²) in [6, 6.07) is 6.01. The van der Waals surface area contributed by atoms with Gasteiger partial charge in [-0.05, 0) is 26.0 Å². The molecule has 0 aliphatic carbocycles. The highest BCUT2D eigenvalue weighted by Crippen LogP contribution is 2.28. The maximum atomic E-state index is 5.97. The van der Waals surface area contributed by atoms with Gasteiger partial charge in [-0.3, -0.25) is 4.90 Å². The van der Waals surface area contributed by atoms with Crippen LogP contribution in [0.4, 0.5) is 0 Å². The summed E-state index contributed by atoms with van der Waals surface area (Å²) in [5.41, 5.74) is 3.62. The van der Waals surface area contributed by atoms with E-state index in [1.807, 2.05) is 38.2 Å². The van der Waals surface area contributed by atoms with Crippen LogP contribution in [0.5, 0.6) is 0 Å². The SMILES string of the molecule is Cc1noc(C)c1-c1cccc([C@H]2CN(Cc3ncc[nH]3)CCO2)n1. The van der Waals surface area contributed by atoms with Crippen molar-refractivity contribution < 1.29 is 9.26 Å². The predicted octanol–water partition coefficient (Wildman–Crippen LogP) is 2.65. The molecule has 130 valence electrons. The Hall–Kier alpha value is -2.51. The highest BCUT2D eigenvalue weighted by atomic mass is 16.5. The lowest BCUT2D eigenvalue weighted by atomic mass is 10.1. The normalized spacial score (nSPS) is 18.6. The van der Waals surface area contributed by atoms with Crippen molar-refractivity contribution in [1.29, 1.82) is 0 Å². The van der Waals surface area contributed by atoms with Gasteiger partial charge in [-0.1, -0.05) is 11.2 Å². The number of ether oxygens (including phenoxy) is 1. The maximum Gasteiger partial charge on any atom is 0.143 e. The number of nitrogens with one attached hydrogen (secondary N) is 1. The third-order valence-electron chi connectivity index (χ3n) is 4.47. The van der Waals surface area contributed by atoms with Gasteiger partial charge in [0.05, 0.1) is 35.8 Å². The number of aryl methyl sites for hydroxylation is 2. The van der Waals surface area contributed by atoms with Gasteiger partial charge in [-0.2, -0.15) is 0 Å². The molecular formula is C18H21N5O2. The summed E-state index contributed by atoms with van der Waals surface area (Å²) in [5, 5.41) is 4.02. The van der Waals surface area contributed by atoms with E-state index in [-0.39, 0.29) is 6.10 Å². The molecule has 4 rings (SSSR count). The first-order chi connectivity index (χ1) is 12.2. The molecule has 3 aromatic rings. The van der Waals surface area contributed by atoms with Crippen LogP contribution in [0.3, 0.4) is 0 Å². The van der Waals surface area contributed by atoms with E-state index in [0.717, 1.165) is 53.9 Å². The van der Waals surface area contributed by atoms with Gasteiger partial charge in [0.2, 0.25) is 0 Å². The minimum absolute atomic E-state index is 0.0517. The van der Waals surface area contributed by atoms with E-state index in [1.165, 1.54) is 0 Å². The summed E-state index contributed by atoms with van der Waals surface area (Å²) in [6.45, 7) is 6.99. The average Bonchev–Trinajstić information content (AvgIpc) is 3.25. The summed E-state index contributed by atoms with van der Waals surface area (Å²) >= 11 is 0. The molecule has 7 nitrogen and oxygen atoms in total. The molecule has 0 bridgehead atoms. The van der Waals surface area contributed by atoms with Crippen LogP contribution in [0, 0.1) is 13.8 Å². The fourth-order valence-corrected chi connectivity index (χ4v) is 3.24. The van der Waals surface area contributed by atoms with Gasteiger partial charge in [0, 0.05) is 25.5 Å². The van der Waals surface area contributed by atoms with Gasteiger partial charge >= 0.3 is 0 Å². The van der Waals surface area contributed by atoms with E-state index in [4.69, 9.17) is 14.2 Å². The van der Waals surface area contributed by atoms with E-state index in [2.05, 4.69) is 20.0 Å². The topological polar surface area (TPSA) is 80.1 Å². The zero-order valence-electron chi connectivity index (χ0n) is 14.4. The van der Waals surface area contributed by atoms with E-state index in [9.17, 15) is 0 Å². The molecule has 0 unspecified atom stereocenters. The summed E-state index contributed by atoms with van der Waals surface area (Å²) in [7, 11) is 0. The number of pyridine rings is 1. The van der Waals surface area contributed by atoms with E-state index >= 15 is 0 Å². The summed E-state index contributed by atoms with van der Waals surface area (Å²) in [5.74, 6) is 1.75. The molecule has 1 atom stereocenters. The Labute approximate surface area is 146 Å². The van der Waals surface area contributed by atoms with Crippen molar-refractivity contribution in [3.8, 4) is 11.3 Å². The Balaban J connectivity index is 1.54. The van der Waals surface area contributed by atoms with Gasteiger partial charge in [-0.15, -0.1) is 0 Å². The Kier molecular flexibility index (Phi) is 4.33. The molecule has 25 heavy (non-hydrogen) atoms. The number of imidazole rings is 1. The first-order valence-electron chi connectivity index (χ1n) is 8.43. The van der Waals surface area contributed by atoms with Gasteiger partial charge in [0.25, 0.3) is 0 Å². The molecule has 0 saturated carbocycles. The number of morpholine rings is 1. The molecule has 4 heterocycles. The number of aromatic nitrogens is 4. The van der Waals surface area contributed by atoms with Crippen molar-refractivity contribution in [3.05, 3.63) is 53.6 Å². The fourth-order valence-electron chi connectivity index (χ4n) is 3.24. The second-order valence-electron chi connectivity index (χ2n) is 6.28. The third-order valence-corrected chi connectivity index (χ3v) is 4.47. The van der Waals surface area contributed by atoms with Gasteiger partial charge < -0.3 is 14.2 Å². The fraction of sp³-hybridized carbons (Fsp3) is 0.389. The van der Waals surface area contributed by atoms with Crippen LogP contribution in [-0.2, 0) is 11.3 Å². The Bertz CT molecular complexity index is 824. The molecule has 1 N–H and O–H groups in total. The summed E-state index contributed by atoms with van der Waals surface area (Å²) in [4.78, 5) is 14.6. The first kappa shape index (κ1) is 16.0. The molecule has 1 aliphatic rings. The molecule has 3 aromatic heterocycles. The van der Waals surface area contributed by atoms with Gasteiger partial charge in [0.15, 0.2) is 0 Å². The molecule has 1 saturated heterocycles. The van der Waals surface area contributed by atoms with Crippen LogP contribution < -0.4 is 0 Å². The second-order valence-corrected chi connectivity index (χ2v) is 6.28. The molecule has 0 spiro atoms. The largest absolute Gasteiger partial charge is 0.369 e. The van der Waals surface area contributed by atoms with Gasteiger partial charge in [0.1, 0.15) is 17.7 Å². The van der Waals surface area contributed by atoms with Crippen LogP contribution in [0.2, 0.25) is 0 Å². The van der Waals surface area contributed by atoms with Crippen LogP contribution in [0.15, 0.2) is 35.1 Å². The minimum Gasteiger partial charge on any atom is -0.369 e. The van der Waals surface area contributed by atoms with Crippen molar-refractivity contribution in [2.75, 3.05) is 19.7 Å². The van der Waals surface area contributed by atoms with Crippen molar-refractivity contribution in [1.82, 2.24) is 25.0 Å². The predicted molar refractivity (Wildman–Crippen MR) is 91.8 cm³/mol. The Morgan fingerprint density at radius 3 is 3.00 bits per heavy atom. The first-order valence-corrected chi connectivity index (χ1v) is 8.43. The van der Waals surface area contributed by atoms with Crippen LogP contribution in [-0.4, -0.2) is 44.7 Å². The van der Waals surface area contributed by atoms with Crippen molar-refractivity contribution in [2.45, 2.75) is 26.5 Å². The molecular weight excluding hydrogens is 318 g/mol. The molecule has 7 heteroatoms. The Morgan fingerprint density at radius 1 is 1.32 bits per heavy atom. The van der Waals surface area contributed by atoms with Crippen molar-refractivity contribution >= 4 is 0 Å². The maximum absolute atomic E-state index is 5.97. The average molecular weight is 339 g/mol. The number of H-pyrrole nitrogens is 1. The van der Waals surface area contributed by atoms with E-state index < -0.39 is 0 Å². The van der Waals surface area contributed by atoms with Crippen molar-refractivity contribution in [2.24, 2.45) is 0 Å². The zero-order valence-corrected chi connectivity index (χ0v) is 14.4. The van der Waals surface area contributed by atoms with E-state index in [0.29, 0.717) is 6.61 Å². The number of rotatable bonds is 4.